The van der Waals surface area contributed by atoms with Crippen molar-refractivity contribution >= 4 is 22.4 Å². The Bertz CT molecular complexity index is 1250. The van der Waals surface area contributed by atoms with E-state index in [1.807, 2.05) is 103 Å². The fourth-order valence-electron chi connectivity index (χ4n) is 3.68. The second-order valence-electron chi connectivity index (χ2n) is 7.65. The number of anilines is 1. The van der Waals surface area contributed by atoms with Crippen molar-refractivity contribution in [1.29, 1.82) is 0 Å². The summed E-state index contributed by atoms with van der Waals surface area (Å²) in [6.45, 7) is 4.38. The Morgan fingerprint density at radius 2 is 1.56 bits per heavy atom. The van der Waals surface area contributed by atoms with Crippen LogP contribution in [-0.2, 0) is 23.1 Å². The largest absolute Gasteiger partial charge is 0.322 e. The van der Waals surface area contributed by atoms with Gasteiger partial charge in [-0.05, 0) is 49.2 Å². The Labute approximate surface area is 190 Å². The monoisotopic (exact) mass is 443 g/mol. The van der Waals surface area contributed by atoms with Crippen molar-refractivity contribution in [2.24, 2.45) is 0 Å². The first-order chi connectivity index (χ1) is 15.5. The number of nitrogens with zero attached hydrogens (tertiary/aromatic N) is 2. The molecule has 162 valence electrons. The summed E-state index contributed by atoms with van der Waals surface area (Å²) in [5.74, 6) is 0.196. The molecule has 1 heterocycles. The summed E-state index contributed by atoms with van der Waals surface area (Å²) in [5, 5.41) is 7.55. The summed E-state index contributed by atoms with van der Waals surface area (Å²) in [7, 11) is -1.14. The van der Waals surface area contributed by atoms with Gasteiger partial charge in [-0.15, -0.1) is 0 Å². The minimum Gasteiger partial charge on any atom is -0.322 e. The molecule has 0 fully saturated rings. The minimum atomic E-state index is -1.14. The molecular formula is C26H25N3O2S. The van der Waals surface area contributed by atoms with Crippen LogP contribution < -0.4 is 5.32 Å². The lowest BCUT2D eigenvalue weighted by Crippen LogP contribution is -2.14. The number of nitrogens with one attached hydrogen (secondary N) is 1. The van der Waals surface area contributed by atoms with E-state index in [0.717, 1.165) is 21.7 Å². The van der Waals surface area contributed by atoms with E-state index >= 15 is 0 Å². The number of carbonyl (C=O) groups excluding carboxylic acids is 1. The molecule has 4 rings (SSSR count). The molecule has 4 aromatic rings. The number of aryl methyl sites for hydroxylation is 1. The Balaban J connectivity index is 1.48. The van der Waals surface area contributed by atoms with E-state index in [4.69, 9.17) is 0 Å². The van der Waals surface area contributed by atoms with Gasteiger partial charge in [-0.2, -0.15) is 5.10 Å². The second-order valence-corrected chi connectivity index (χ2v) is 9.10. The molecule has 0 aliphatic rings. The summed E-state index contributed by atoms with van der Waals surface area (Å²) < 4.78 is 14.5. The van der Waals surface area contributed by atoms with Gasteiger partial charge < -0.3 is 5.32 Å². The Hall–Kier alpha value is -3.51. The number of benzene rings is 3. The van der Waals surface area contributed by atoms with Crippen molar-refractivity contribution in [2.45, 2.75) is 31.0 Å². The summed E-state index contributed by atoms with van der Waals surface area (Å²) >= 11 is 0. The van der Waals surface area contributed by atoms with Crippen LogP contribution in [0.1, 0.15) is 32.9 Å². The predicted molar refractivity (Wildman–Crippen MR) is 128 cm³/mol. The van der Waals surface area contributed by atoms with Gasteiger partial charge in [0.05, 0.1) is 34.4 Å². The lowest BCUT2D eigenvalue weighted by atomic mass is 10.1. The molecule has 1 atom stereocenters. The smallest absolute Gasteiger partial charge is 0.259 e. The van der Waals surface area contributed by atoms with Crippen molar-refractivity contribution in [3.05, 3.63) is 113 Å². The first kappa shape index (κ1) is 21.7. The molecule has 0 saturated heterocycles. The molecule has 1 amide bonds. The van der Waals surface area contributed by atoms with Gasteiger partial charge in [-0.1, -0.05) is 60.7 Å². The van der Waals surface area contributed by atoms with Crippen LogP contribution in [-0.4, -0.2) is 19.9 Å². The fraction of sp³-hybridized carbons (Fsp3) is 0.154. The maximum atomic E-state index is 13.1. The van der Waals surface area contributed by atoms with Gasteiger partial charge in [0.15, 0.2) is 0 Å². The highest BCUT2D eigenvalue weighted by molar-refractivity contribution is 7.84. The van der Waals surface area contributed by atoms with Gasteiger partial charge >= 0.3 is 0 Å². The topological polar surface area (TPSA) is 64.0 Å². The van der Waals surface area contributed by atoms with Gasteiger partial charge in [0.25, 0.3) is 5.91 Å². The number of aromatic nitrogens is 2. The van der Waals surface area contributed by atoms with Gasteiger partial charge in [-0.25, -0.2) is 0 Å². The molecule has 0 aliphatic heterocycles. The van der Waals surface area contributed by atoms with Crippen molar-refractivity contribution in [3.63, 3.8) is 0 Å². The average Bonchev–Trinajstić information content (AvgIpc) is 3.08. The van der Waals surface area contributed by atoms with Crippen molar-refractivity contribution in [1.82, 2.24) is 9.78 Å². The number of carbonyl (C=O) groups is 1. The summed E-state index contributed by atoms with van der Waals surface area (Å²) in [4.78, 5) is 13.8. The summed E-state index contributed by atoms with van der Waals surface area (Å²) in [5.41, 5.74) is 4.80. The van der Waals surface area contributed by atoms with E-state index in [1.165, 1.54) is 0 Å². The van der Waals surface area contributed by atoms with Crippen LogP contribution >= 0.6 is 0 Å². The molecule has 3 aromatic carbocycles. The standard InChI is InChI=1S/C26H25N3O2S/c1-19-25(20(2)29(28-19)17-21-10-5-3-6-11-21)26(30)27-23-13-9-12-22(16-23)18-32(31)24-14-7-4-8-15-24/h3-16H,17-18H2,1-2H3,(H,27,30). The molecule has 0 spiro atoms. The molecule has 0 aliphatic carbocycles. The molecule has 5 nitrogen and oxygen atoms in total. The molecule has 1 unspecified atom stereocenters. The molecule has 0 bridgehead atoms. The molecule has 0 saturated carbocycles. The first-order valence-corrected chi connectivity index (χ1v) is 11.7. The number of rotatable bonds is 7. The summed E-state index contributed by atoms with van der Waals surface area (Å²) in [6, 6.07) is 26.9. The highest BCUT2D eigenvalue weighted by Gasteiger charge is 2.19. The van der Waals surface area contributed by atoms with Crippen LogP contribution in [0.25, 0.3) is 0 Å². The lowest BCUT2D eigenvalue weighted by Gasteiger charge is -2.09. The van der Waals surface area contributed by atoms with Gasteiger partial charge in [-0.3, -0.25) is 13.7 Å². The van der Waals surface area contributed by atoms with Crippen LogP contribution in [0.2, 0.25) is 0 Å². The Kier molecular flexibility index (Phi) is 6.61. The third-order valence-corrected chi connectivity index (χ3v) is 6.67. The molecule has 0 radical (unpaired) electrons. The third-order valence-electron chi connectivity index (χ3n) is 5.27. The number of hydrogen-bond acceptors (Lipinski definition) is 3. The van der Waals surface area contributed by atoms with E-state index in [1.54, 1.807) is 0 Å². The van der Waals surface area contributed by atoms with E-state index in [2.05, 4.69) is 10.4 Å². The zero-order chi connectivity index (χ0) is 22.5. The Morgan fingerprint density at radius 1 is 0.906 bits per heavy atom. The average molecular weight is 444 g/mol. The zero-order valence-corrected chi connectivity index (χ0v) is 18.9. The van der Waals surface area contributed by atoms with Crippen LogP contribution in [0.15, 0.2) is 89.8 Å². The van der Waals surface area contributed by atoms with E-state index in [9.17, 15) is 9.00 Å². The van der Waals surface area contributed by atoms with E-state index < -0.39 is 10.8 Å². The zero-order valence-electron chi connectivity index (χ0n) is 18.1. The Morgan fingerprint density at radius 3 is 2.28 bits per heavy atom. The minimum absolute atomic E-state index is 0.194. The predicted octanol–water partition coefficient (Wildman–Crippen LogP) is 5.11. The van der Waals surface area contributed by atoms with E-state index in [0.29, 0.717) is 29.2 Å². The van der Waals surface area contributed by atoms with Crippen LogP contribution in [0.5, 0.6) is 0 Å². The van der Waals surface area contributed by atoms with E-state index in [-0.39, 0.29) is 5.91 Å². The quantitative estimate of drug-likeness (QED) is 0.432. The SMILES string of the molecule is Cc1nn(Cc2ccccc2)c(C)c1C(=O)Nc1cccc(CS(=O)c2ccccc2)c1. The highest BCUT2D eigenvalue weighted by Crippen LogP contribution is 2.20. The molecule has 32 heavy (non-hydrogen) atoms. The number of amides is 1. The maximum Gasteiger partial charge on any atom is 0.259 e. The summed E-state index contributed by atoms with van der Waals surface area (Å²) in [6.07, 6.45) is 0. The fourth-order valence-corrected chi connectivity index (χ4v) is 4.78. The molecule has 1 aromatic heterocycles. The normalized spacial score (nSPS) is 11.8. The van der Waals surface area contributed by atoms with Gasteiger partial charge in [0, 0.05) is 16.3 Å². The lowest BCUT2D eigenvalue weighted by molar-refractivity contribution is 0.102. The van der Waals surface area contributed by atoms with Crippen LogP contribution in [0.3, 0.4) is 0 Å². The van der Waals surface area contributed by atoms with Crippen molar-refractivity contribution in [2.75, 3.05) is 5.32 Å². The first-order valence-electron chi connectivity index (χ1n) is 10.4. The second kappa shape index (κ2) is 9.75. The molecule has 6 heteroatoms. The van der Waals surface area contributed by atoms with Gasteiger partial charge in [0.1, 0.15) is 0 Å². The van der Waals surface area contributed by atoms with Crippen LogP contribution in [0.4, 0.5) is 5.69 Å². The molecular weight excluding hydrogens is 418 g/mol. The van der Waals surface area contributed by atoms with Crippen molar-refractivity contribution in [3.8, 4) is 0 Å². The highest BCUT2D eigenvalue weighted by atomic mass is 32.2. The van der Waals surface area contributed by atoms with Crippen molar-refractivity contribution < 1.29 is 9.00 Å². The number of hydrogen-bond donors (Lipinski definition) is 1. The molecule has 1 N–H and O–H groups in total. The van der Waals surface area contributed by atoms with Crippen LogP contribution in [0, 0.1) is 13.8 Å². The third kappa shape index (κ3) is 5.03. The maximum absolute atomic E-state index is 13.1. The van der Waals surface area contributed by atoms with Gasteiger partial charge in [0.2, 0.25) is 0 Å².